The fourth-order valence-corrected chi connectivity index (χ4v) is 1.86. The molecule has 1 atom stereocenters. The predicted octanol–water partition coefficient (Wildman–Crippen LogP) is 2.80. The summed E-state index contributed by atoms with van der Waals surface area (Å²) in [7, 11) is 0. The van der Waals surface area contributed by atoms with E-state index in [1.165, 1.54) is 6.07 Å². The molecule has 0 radical (unpaired) electrons. The molecule has 0 bridgehead atoms. The van der Waals surface area contributed by atoms with Crippen LogP contribution in [0.25, 0.3) is 0 Å². The van der Waals surface area contributed by atoms with Gasteiger partial charge in [-0.1, -0.05) is 11.6 Å². The van der Waals surface area contributed by atoms with Crippen molar-refractivity contribution in [3.05, 3.63) is 38.7 Å². The molecule has 2 rings (SSSR count). The van der Waals surface area contributed by atoms with E-state index in [2.05, 4.69) is 0 Å². The van der Waals surface area contributed by atoms with Crippen molar-refractivity contribution in [1.82, 2.24) is 0 Å². The molecule has 0 aromatic heterocycles. The second-order valence-corrected chi connectivity index (χ2v) is 4.35. The van der Waals surface area contributed by atoms with Crippen molar-refractivity contribution in [2.24, 2.45) is 11.7 Å². The summed E-state index contributed by atoms with van der Waals surface area (Å²) in [5, 5.41) is 10.6. The predicted molar refractivity (Wildman–Crippen MR) is 57.7 cm³/mol. The maximum absolute atomic E-state index is 13.1. The SMILES string of the molecule is NC(c1cc(Cl)c(F)cc1[N+](=O)[O-])C1CC1. The molecule has 6 heteroatoms. The van der Waals surface area contributed by atoms with Gasteiger partial charge >= 0.3 is 0 Å². The molecule has 4 nitrogen and oxygen atoms in total. The van der Waals surface area contributed by atoms with Crippen LogP contribution in [0.1, 0.15) is 24.4 Å². The second-order valence-electron chi connectivity index (χ2n) is 3.95. The number of nitrogens with zero attached hydrogens (tertiary/aromatic N) is 1. The van der Waals surface area contributed by atoms with Crippen LogP contribution in [0.5, 0.6) is 0 Å². The first-order valence-electron chi connectivity index (χ1n) is 4.89. The highest BCUT2D eigenvalue weighted by molar-refractivity contribution is 6.30. The highest BCUT2D eigenvalue weighted by Gasteiger charge is 2.34. The largest absolute Gasteiger partial charge is 0.324 e. The fourth-order valence-electron chi connectivity index (χ4n) is 1.69. The topological polar surface area (TPSA) is 69.2 Å². The Kier molecular flexibility index (Phi) is 2.82. The summed E-state index contributed by atoms with van der Waals surface area (Å²) in [6.45, 7) is 0. The van der Waals surface area contributed by atoms with Crippen LogP contribution in [-0.2, 0) is 0 Å². The van der Waals surface area contributed by atoms with Gasteiger partial charge in [0.2, 0.25) is 0 Å². The Balaban J connectivity index is 2.48. The molecule has 0 amide bonds. The summed E-state index contributed by atoms with van der Waals surface area (Å²) in [6.07, 6.45) is 1.90. The minimum absolute atomic E-state index is 0.128. The standard InChI is InChI=1S/C10H10ClFN2O2/c11-7-3-6(10(13)5-1-2-5)9(14(15)16)4-8(7)12/h3-5,10H,1-2,13H2. The van der Waals surface area contributed by atoms with Gasteiger partial charge in [0.15, 0.2) is 0 Å². The van der Waals surface area contributed by atoms with Gasteiger partial charge in [0.25, 0.3) is 5.69 Å². The van der Waals surface area contributed by atoms with Gasteiger partial charge in [0.05, 0.1) is 16.0 Å². The van der Waals surface area contributed by atoms with Gasteiger partial charge in [-0.2, -0.15) is 0 Å². The van der Waals surface area contributed by atoms with Crippen LogP contribution >= 0.6 is 11.6 Å². The zero-order valence-electron chi connectivity index (χ0n) is 8.32. The number of hydrogen-bond donors (Lipinski definition) is 1. The Bertz CT molecular complexity index is 449. The highest BCUT2D eigenvalue weighted by atomic mass is 35.5. The lowest BCUT2D eigenvalue weighted by Gasteiger charge is -2.11. The number of rotatable bonds is 3. The molecule has 0 spiro atoms. The first-order chi connectivity index (χ1) is 7.50. The van der Waals surface area contributed by atoms with Crippen molar-refractivity contribution in [3.8, 4) is 0 Å². The molecule has 86 valence electrons. The van der Waals surface area contributed by atoms with E-state index >= 15 is 0 Å². The van der Waals surface area contributed by atoms with E-state index in [-0.39, 0.29) is 16.6 Å². The number of nitro groups is 1. The molecule has 1 aliphatic rings. The molecular formula is C10H10ClFN2O2. The van der Waals surface area contributed by atoms with Crippen molar-refractivity contribution in [2.75, 3.05) is 0 Å². The molecule has 1 saturated carbocycles. The maximum atomic E-state index is 13.1. The van der Waals surface area contributed by atoms with Crippen molar-refractivity contribution in [1.29, 1.82) is 0 Å². The van der Waals surface area contributed by atoms with Gasteiger partial charge in [0, 0.05) is 11.6 Å². The summed E-state index contributed by atoms with van der Waals surface area (Å²) in [5.74, 6) is -0.541. The van der Waals surface area contributed by atoms with Crippen molar-refractivity contribution in [2.45, 2.75) is 18.9 Å². The van der Waals surface area contributed by atoms with Crippen LogP contribution in [0, 0.1) is 21.8 Å². The first-order valence-corrected chi connectivity index (χ1v) is 5.27. The number of halogens is 2. The van der Waals surface area contributed by atoms with Crippen molar-refractivity contribution >= 4 is 17.3 Å². The Morgan fingerprint density at radius 3 is 2.69 bits per heavy atom. The van der Waals surface area contributed by atoms with Gasteiger partial charge in [-0.15, -0.1) is 0 Å². The van der Waals surface area contributed by atoms with Crippen LogP contribution in [-0.4, -0.2) is 4.92 Å². The fraction of sp³-hybridized carbons (Fsp3) is 0.400. The Morgan fingerprint density at radius 1 is 1.56 bits per heavy atom. The van der Waals surface area contributed by atoms with Gasteiger partial charge < -0.3 is 5.73 Å². The van der Waals surface area contributed by atoms with E-state index in [4.69, 9.17) is 17.3 Å². The average molecular weight is 245 g/mol. The van der Waals surface area contributed by atoms with E-state index < -0.39 is 16.8 Å². The number of nitrogens with two attached hydrogens (primary N) is 1. The van der Waals surface area contributed by atoms with E-state index in [9.17, 15) is 14.5 Å². The molecule has 1 aromatic carbocycles. The lowest BCUT2D eigenvalue weighted by molar-refractivity contribution is -0.386. The normalized spacial score (nSPS) is 17.2. The lowest BCUT2D eigenvalue weighted by Crippen LogP contribution is -2.14. The monoisotopic (exact) mass is 244 g/mol. The smallest absolute Gasteiger partial charge is 0.277 e. The maximum Gasteiger partial charge on any atom is 0.277 e. The summed E-state index contributed by atoms with van der Waals surface area (Å²) in [4.78, 5) is 10.1. The van der Waals surface area contributed by atoms with E-state index in [0.29, 0.717) is 5.56 Å². The van der Waals surface area contributed by atoms with Gasteiger partial charge in [-0.05, 0) is 24.8 Å². The lowest BCUT2D eigenvalue weighted by atomic mass is 10.0. The molecule has 1 aromatic rings. The van der Waals surface area contributed by atoms with Gasteiger partial charge in [0.1, 0.15) is 5.82 Å². The molecule has 1 fully saturated rings. The first kappa shape index (κ1) is 11.3. The number of nitro benzene ring substituents is 1. The second kappa shape index (κ2) is 3.99. The zero-order valence-corrected chi connectivity index (χ0v) is 9.08. The Morgan fingerprint density at radius 2 is 2.19 bits per heavy atom. The highest BCUT2D eigenvalue weighted by Crippen LogP contribution is 2.42. The van der Waals surface area contributed by atoms with Crippen LogP contribution in [0.15, 0.2) is 12.1 Å². The zero-order chi connectivity index (χ0) is 11.9. The summed E-state index contributed by atoms with van der Waals surface area (Å²) < 4.78 is 13.1. The van der Waals surface area contributed by atoms with Gasteiger partial charge in [-0.25, -0.2) is 4.39 Å². The minimum atomic E-state index is -0.792. The van der Waals surface area contributed by atoms with Crippen LogP contribution < -0.4 is 5.73 Å². The molecule has 2 N–H and O–H groups in total. The van der Waals surface area contributed by atoms with Crippen LogP contribution in [0.3, 0.4) is 0 Å². The number of benzene rings is 1. The Hall–Kier alpha value is -1.20. The number of hydrogen-bond acceptors (Lipinski definition) is 3. The summed E-state index contributed by atoms with van der Waals surface area (Å²) in [5.41, 5.74) is 5.90. The quantitative estimate of drug-likeness (QED) is 0.657. The molecule has 0 saturated heterocycles. The molecule has 16 heavy (non-hydrogen) atoms. The van der Waals surface area contributed by atoms with E-state index in [1.807, 2.05) is 0 Å². The summed E-state index contributed by atoms with van der Waals surface area (Å²) >= 11 is 5.61. The van der Waals surface area contributed by atoms with E-state index in [1.54, 1.807) is 0 Å². The summed E-state index contributed by atoms with van der Waals surface area (Å²) in [6, 6.07) is 1.66. The van der Waals surface area contributed by atoms with Crippen molar-refractivity contribution in [3.63, 3.8) is 0 Å². The average Bonchev–Trinajstić information content (AvgIpc) is 3.03. The molecule has 1 aliphatic carbocycles. The third kappa shape index (κ3) is 2.01. The van der Waals surface area contributed by atoms with Crippen LogP contribution in [0.2, 0.25) is 5.02 Å². The third-order valence-electron chi connectivity index (χ3n) is 2.76. The third-order valence-corrected chi connectivity index (χ3v) is 3.04. The molecule has 1 unspecified atom stereocenters. The Labute approximate surface area is 96.3 Å². The van der Waals surface area contributed by atoms with Gasteiger partial charge in [-0.3, -0.25) is 10.1 Å². The molecular weight excluding hydrogens is 235 g/mol. The van der Waals surface area contributed by atoms with E-state index in [0.717, 1.165) is 18.9 Å². The molecule has 0 aliphatic heterocycles. The van der Waals surface area contributed by atoms with Crippen molar-refractivity contribution < 1.29 is 9.31 Å². The van der Waals surface area contributed by atoms with Crippen LogP contribution in [0.4, 0.5) is 10.1 Å². The molecule has 0 heterocycles. The minimum Gasteiger partial charge on any atom is -0.324 e.